The fourth-order valence-corrected chi connectivity index (χ4v) is 5.48. The van der Waals surface area contributed by atoms with Crippen molar-refractivity contribution in [2.24, 2.45) is 5.92 Å². The molecule has 166 valence electrons. The van der Waals surface area contributed by atoms with Crippen LogP contribution in [-0.2, 0) is 6.42 Å². The number of rotatable bonds is 10. The topological polar surface area (TPSA) is 24.5 Å². The molecule has 0 saturated carbocycles. The molecule has 0 spiro atoms. The van der Waals surface area contributed by atoms with Gasteiger partial charge in [-0.15, -0.1) is 11.3 Å². The fraction of sp³-hybridized carbons (Fsp3) is 0.481. The van der Waals surface area contributed by atoms with E-state index < -0.39 is 0 Å². The summed E-state index contributed by atoms with van der Waals surface area (Å²) in [7, 11) is 2.00. The van der Waals surface area contributed by atoms with Crippen LogP contribution in [0.3, 0.4) is 0 Å². The lowest BCUT2D eigenvalue weighted by atomic mass is 9.86. The maximum Gasteiger partial charge on any atom is 0.134 e. The van der Waals surface area contributed by atoms with Gasteiger partial charge in [0.1, 0.15) is 11.9 Å². The number of allylic oxidation sites excluding steroid dienone is 4. The van der Waals surface area contributed by atoms with Gasteiger partial charge in [0, 0.05) is 17.8 Å². The van der Waals surface area contributed by atoms with E-state index in [2.05, 4.69) is 70.2 Å². The van der Waals surface area contributed by atoms with E-state index in [4.69, 9.17) is 4.74 Å². The van der Waals surface area contributed by atoms with Crippen LogP contribution in [0.5, 0.6) is 5.75 Å². The Bertz CT molecular complexity index is 850. The normalized spacial score (nSPS) is 18.7. The molecule has 2 heterocycles. The van der Waals surface area contributed by atoms with Crippen molar-refractivity contribution in [1.29, 1.82) is 0 Å². The number of hydrogen-bond acceptors (Lipinski definition) is 4. The Morgan fingerprint density at radius 1 is 1.13 bits per heavy atom. The summed E-state index contributed by atoms with van der Waals surface area (Å²) in [6, 6.07) is 12.9. The van der Waals surface area contributed by atoms with Gasteiger partial charge >= 0.3 is 0 Å². The average Bonchev–Trinajstić information content (AvgIpc) is 3.37. The SMILES string of the molecule is CNCCC(Oc1ccccc1CCN1CCC(C2=CCCC=C2)CC1)c1cccs1. The third-order valence-electron chi connectivity index (χ3n) is 6.54. The largest absolute Gasteiger partial charge is 0.485 e. The Morgan fingerprint density at radius 2 is 2.00 bits per heavy atom. The number of hydrogen-bond donors (Lipinski definition) is 1. The molecule has 31 heavy (non-hydrogen) atoms. The summed E-state index contributed by atoms with van der Waals surface area (Å²) in [6.45, 7) is 4.48. The Labute approximate surface area is 191 Å². The number of thiophene rings is 1. The maximum absolute atomic E-state index is 6.57. The summed E-state index contributed by atoms with van der Waals surface area (Å²) in [5, 5.41) is 5.40. The second-order valence-electron chi connectivity index (χ2n) is 8.67. The van der Waals surface area contributed by atoms with Crippen LogP contribution in [0.25, 0.3) is 0 Å². The first-order valence-electron chi connectivity index (χ1n) is 11.8. The van der Waals surface area contributed by atoms with Crippen molar-refractivity contribution in [1.82, 2.24) is 10.2 Å². The lowest BCUT2D eigenvalue weighted by Crippen LogP contribution is -2.35. The first kappa shape index (κ1) is 22.3. The fourth-order valence-electron chi connectivity index (χ4n) is 4.69. The van der Waals surface area contributed by atoms with E-state index in [1.54, 1.807) is 16.9 Å². The second-order valence-corrected chi connectivity index (χ2v) is 9.65. The zero-order chi connectivity index (χ0) is 21.3. The Morgan fingerprint density at radius 3 is 2.74 bits per heavy atom. The van der Waals surface area contributed by atoms with Crippen molar-refractivity contribution in [2.75, 3.05) is 33.2 Å². The van der Waals surface area contributed by atoms with Crippen LogP contribution < -0.4 is 10.1 Å². The van der Waals surface area contributed by atoms with E-state index in [1.807, 2.05) is 7.05 Å². The van der Waals surface area contributed by atoms with Crippen molar-refractivity contribution < 1.29 is 4.74 Å². The molecule has 1 aromatic heterocycles. The van der Waals surface area contributed by atoms with Gasteiger partial charge in [-0.2, -0.15) is 0 Å². The van der Waals surface area contributed by atoms with Gasteiger partial charge in [0.2, 0.25) is 0 Å². The van der Waals surface area contributed by atoms with Crippen molar-refractivity contribution >= 4 is 11.3 Å². The summed E-state index contributed by atoms with van der Waals surface area (Å²) in [5.41, 5.74) is 2.92. The molecule has 2 aliphatic rings. The van der Waals surface area contributed by atoms with Gasteiger partial charge in [-0.05, 0) is 93.4 Å². The maximum atomic E-state index is 6.57. The molecule has 4 rings (SSSR count). The van der Waals surface area contributed by atoms with E-state index in [9.17, 15) is 0 Å². The number of nitrogens with zero attached hydrogens (tertiary/aromatic N) is 1. The van der Waals surface area contributed by atoms with Gasteiger partial charge in [0.25, 0.3) is 0 Å². The number of para-hydroxylation sites is 1. The number of benzene rings is 1. The molecule has 1 N–H and O–H groups in total. The standard InChI is InChI=1S/C27H36N2OS/c1-28-17-13-26(27-12-7-21-31-27)30-25-11-6-5-10-24(25)16-20-29-18-14-23(15-19-29)22-8-3-2-4-9-22/h3,5-12,21,23,26,28H,2,4,13-20H2,1H3. The Hall–Kier alpha value is -1.88. The number of piperidine rings is 1. The smallest absolute Gasteiger partial charge is 0.134 e. The molecule has 1 aliphatic carbocycles. The quantitative estimate of drug-likeness (QED) is 0.494. The molecule has 1 fully saturated rings. The van der Waals surface area contributed by atoms with E-state index in [0.717, 1.165) is 37.6 Å². The molecule has 4 heteroatoms. The minimum absolute atomic E-state index is 0.112. The number of likely N-dealkylation sites (tertiary alicyclic amines) is 1. The summed E-state index contributed by atoms with van der Waals surface area (Å²) in [6.07, 6.45) is 14.3. The predicted molar refractivity (Wildman–Crippen MR) is 132 cm³/mol. The van der Waals surface area contributed by atoms with E-state index in [1.165, 1.54) is 49.2 Å². The molecule has 3 nitrogen and oxygen atoms in total. The number of nitrogens with one attached hydrogen (secondary N) is 1. The highest BCUT2D eigenvalue weighted by Crippen LogP contribution is 2.31. The average molecular weight is 437 g/mol. The highest BCUT2D eigenvalue weighted by Gasteiger charge is 2.22. The highest BCUT2D eigenvalue weighted by atomic mass is 32.1. The molecule has 1 aliphatic heterocycles. The lowest BCUT2D eigenvalue weighted by molar-refractivity contribution is 0.190. The Kier molecular flexibility index (Phi) is 8.39. The van der Waals surface area contributed by atoms with Crippen molar-refractivity contribution in [3.8, 4) is 5.75 Å². The molecule has 1 atom stereocenters. The van der Waals surface area contributed by atoms with Crippen LogP contribution in [0.2, 0.25) is 0 Å². The lowest BCUT2D eigenvalue weighted by Gasteiger charge is -2.33. The van der Waals surface area contributed by atoms with Crippen LogP contribution in [0.1, 0.15) is 48.6 Å². The minimum Gasteiger partial charge on any atom is -0.485 e. The first-order chi connectivity index (χ1) is 15.3. The highest BCUT2D eigenvalue weighted by molar-refractivity contribution is 7.10. The monoisotopic (exact) mass is 436 g/mol. The van der Waals surface area contributed by atoms with E-state index >= 15 is 0 Å². The van der Waals surface area contributed by atoms with Gasteiger partial charge in [0.15, 0.2) is 0 Å². The van der Waals surface area contributed by atoms with E-state index in [-0.39, 0.29) is 6.10 Å². The molecule has 0 amide bonds. The van der Waals surface area contributed by atoms with E-state index in [0.29, 0.717) is 0 Å². The molecule has 2 aromatic rings. The predicted octanol–water partition coefficient (Wildman–Crippen LogP) is 6.01. The molecule has 0 radical (unpaired) electrons. The van der Waals surface area contributed by atoms with Gasteiger partial charge in [-0.1, -0.05) is 42.5 Å². The molecule has 1 aromatic carbocycles. The van der Waals surface area contributed by atoms with Gasteiger partial charge in [-0.25, -0.2) is 0 Å². The summed E-state index contributed by atoms with van der Waals surface area (Å²) >= 11 is 1.78. The van der Waals surface area contributed by atoms with Crippen molar-refractivity contribution in [3.63, 3.8) is 0 Å². The zero-order valence-electron chi connectivity index (χ0n) is 18.8. The minimum atomic E-state index is 0.112. The summed E-state index contributed by atoms with van der Waals surface area (Å²) < 4.78 is 6.57. The molecular formula is C27H36N2OS. The zero-order valence-corrected chi connectivity index (χ0v) is 19.6. The van der Waals surface area contributed by atoms with Crippen molar-refractivity contribution in [2.45, 2.75) is 44.6 Å². The van der Waals surface area contributed by atoms with Crippen LogP contribution in [-0.4, -0.2) is 38.1 Å². The van der Waals surface area contributed by atoms with Crippen LogP contribution in [0, 0.1) is 5.92 Å². The number of ether oxygens (including phenoxy) is 1. The van der Waals surface area contributed by atoms with Gasteiger partial charge < -0.3 is 15.0 Å². The molecular weight excluding hydrogens is 400 g/mol. The van der Waals surface area contributed by atoms with Gasteiger partial charge in [-0.3, -0.25) is 0 Å². The third kappa shape index (κ3) is 6.31. The Balaban J connectivity index is 1.32. The molecule has 1 saturated heterocycles. The summed E-state index contributed by atoms with van der Waals surface area (Å²) in [4.78, 5) is 3.94. The summed E-state index contributed by atoms with van der Waals surface area (Å²) in [5.74, 6) is 1.81. The molecule has 1 unspecified atom stereocenters. The van der Waals surface area contributed by atoms with Crippen LogP contribution >= 0.6 is 11.3 Å². The second kappa shape index (κ2) is 11.7. The third-order valence-corrected chi connectivity index (χ3v) is 7.50. The molecule has 0 bridgehead atoms. The van der Waals surface area contributed by atoms with Crippen LogP contribution in [0.15, 0.2) is 65.6 Å². The van der Waals surface area contributed by atoms with Crippen LogP contribution in [0.4, 0.5) is 0 Å². The van der Waals surface area contributed by atoms with Crippen molar-refractivity contribution in [3.05, 3.63) is 76.0 Å². The van der Waals surface area contributed by atoms with Gasteiger partial charge in [0.05, 0.1) is 0 Å². The first-order valence-corrected chi connectivity index (χ1v) is 12.7.